The number of aromatic nitrogens is 3. The molecule has 0 atom stereocenters. The van der Waals surface area contributed by atoms with Crippen molar-refractivity contribution in [2.75, 3.05) is 12.4 Å². The zero-order chi connectivity index (χ0) is 20.1. The molecule has 0 aliphatic rings. The van der Waals surface area contributed by atoms with Crippen LogP contribution in [0.4, 0.5) is 0 Å². The summed E-state index contributed by atoms with van der Waals surface area (Å²) in [5.74, 6) is 2.30. The number of thioether (sulfide) groups is 1. The van der Waals surface area contributed by atoms with Crippen LogP contribution in [-0.2, 0) is 0 Å². The van der Waals surface area contributed by atoms with Gasteiger partial charge in [0.15, 0.2) is 11.0 Å². The Kier molecular flexibility index (Phi) is 6.39. The van der Waals surface area contributed by atoms with E-state index >= 15 is 0 Å². The van der Waals surface area contributed by atoms with Crippen LogP contribution in [0.25, 0.3) is 17.1 Å². The molecule has 0 N–H and O–H groups in total. The fourth-order valence-corrected chi connectivity index (χ4v) is 3.80. The molecule has 0 spiro atoms. The Bertz CT molecular complexity index is 1070. The summed E-state index contributed by atoms with van der Waals surface area (Å²) in [7, 11) is 0. The van der Waals surface area contributed by atoms with E-state index in [4.69, 9.17) is 27.9 Å². The Labute approximate surface area is 183 Å². The van der Waals surface area contributed by atoms with Crippen molar-refractivity contribution in [1.29, 1.82) is 0 Å². The molecule has 0 unspecified atom stereocenters. The SMILES string of the molecule is Clc1ccc(OCCSc2nnc(-c3ccccc3)n2-c2ccc(Cl)cc2)cc1. The highest BCUT2D eigenvalue weighted by atomic mass is 35.5. The van der Waals surface area contributed by atoms with Crippen molar-refractivity contribution in [3.8, 4) is 22.8 Å². The molecule has 0 aliphatic carbocycles. The van der Waals surface area contributed by atoms with Crippen molar-refractivity contribution in [3.63, 3.8) is 0 Å². The van der Waals surface area contributed by atoms with E-state index in [1.807, 2.05) is 83.4 Å². The monoisotopic (exact) mass is 441 g/mol. The van der Waals surface area contributed by atoms with Crippen LogP contribution in [0.5, 0.6) is 5.75 Å². The van der Waals surface area contributed by atoms with Crippen molar-refractivity contribution in [1.82, 2.24) is 14.8 Å². The van der Waals surface area contributed by atoms with Gasteiger partial charge in [-0.05, 0) is 48.5 Å². The number of rotatable bonds is 7. The summed E-state index contributed by atoms with van der Waals surface area (Å²) in [6, 6.07) is 25.0. The lowest BCUT2D eigenvalue weighted by atomic mass is 10.2. The van der Waals surface area contributed by atoms with E-state index in [9.17, 15) is 0 Å². The molecule has 0 radical (unpaired) electrons. The molecular formula is C22H17Cl2N3OS. The standard InChI is InChI=1S/C22H17Cl2N3OS/c23-17-6-10-19(11-7-17)27-21(16-4-2-1-3-5-16)25-26-22(27)29-15-14-28-20-12-8-18(24)9-13-20/h1-13H,14-15H2. The number of benzene rings is 3. The van der Waals surface area contributed by atoms with E-state index in [-0.39, 0.29) is 0 Å². The highest BCUT2D eigenvalue weighted by Gasteiger charge is 2.16. The molecule has 0 fully saturated rings. The summed E-state index contributed by atoms with van der Waals surface area (Å²) < 4.78 is 7.82. The zero-order valence-electron chi connectivity index (χ0n) is 15.3. The first-order chi connectivity index (χ1) is 14.2. The topological polar surface area (TPSA) is 39.9 Å². The molecule has 1 aromatic heterocycles. The number of hydrogen-bond acceptors (Lipinski definition) is 4. The van der Waals surface area contributed by atoms with Crippen LogP contribution >= 0.6 is 35.0 Å². The zero-order valence-corrected chi connectivity index (χ0v) is 17.7. The second-order valence-electron chi connectivity index (χ2n) is 6.13. The number of hydrogen-bond donors (Lipinski definition) is 0. The van der Waals surface area contributed by atoms with Gasteiger partial charge in [0, 0.05) is 27.0 Å². The predicted molar refractivity (Wildman–Crippen MR) is 119 cm³/mol. The minimum Gasteiger partial charge on any atom is -0.493 e. The highest BCUT2D eigenvalue weighted by molar-refractivity contribution is 7.99. The van der Waals surface area contributed by atoms with Gasteiger partial charge in [-0.25, -0.2) is 0 Å². The summed E-state index contributed by atoms with van der Waals surface area (Å²) in [4.78, 5) is 0. The maximum Gasteiger partial charge on any atom is 0.196 e. The molecule has 146 valence electrons. The highest BCUT2D eigenvalue weighted by Crippen LogP contribution is 2.28. The molecule has 0 aliphatic heterocycles. The summed E-state index contributed by atoms with van der Waals surface area (Å²) in [5, 5.41) is 11.0. The second kappa shape index (κ2) is 9.35. The van der Waals surface area contributed by atoms with Crippen molar-refractivity contribution >= 4 is 35.0 Å². The second-order valence-corrected chi connectivity index (χ2v) is 8.07. The first-order valence-electron chi connectivity index (χ1n) is 8.99. The number of halogens is 2. The third-order valence-corrected chi connectivity index (χ3v) is 5.54. The molecule has 0 saturated carbocycles. The number of nitrogens with zero attached hydrogens (tertiary/aromatic N) is 3. The molecule has 0 saturated heterocycles. The first kappa shape index (κ1) is 19.8. The van der Waals surface area contributed by atoms with Gasteiger partial charge in [0.1, 0.15) is 5.75 Å². The molecule has 0 bridgehead atoms. The molecule has 0 amide bonds. The van der Waals surface area contributed by atoms with Crippen molar-refractivity contribution in [2.45, 2.75) is 5.16 Å². The van der Waals surface area contributed by atoms with Gasteiger partial charge >= 0.3 is 0 Å². The normalized spacial score (nSPS) is 10.8. The van der Waals surface area contributed by atoms with Gasteiger partial charge in [0.25, 0.3) is 0 Å². The van der Waals surface area contributed by atoms with Crippen LogP contribution in [0.2, 0.25) is 10.0 Å². The minimum absolute atomic E-state index is 0.542. The minimum atomic E-state index is 0.542. The Hall–Kier alpha value is -2.47. The lowest BCUT2D eigenvalue weighted by Crippen LogP contribution is -2.03. The molecule has 4 nitrogen and oxygen atoms in total. The van der Waals surface area contributed by atoms with Gasteiger partial charge in [0.2, 0.25) is 0 Å². The molecule has 29 heavy (non-hydrogen) atoms. The Morgan fingerprint density at radius 3 is 2.14 bits per heavy atom. The van der Waals surface area contributed by atoms with Crippen LogP contribution in [0.15, 0.2) is 84.0 Å². The maximum atomic E-state index is 6.07. The predicted octanol–water partition coefficient (Wildman–Crippen LogP) is 6.41. The summed E-state index contributed by atoms with van der Waals surface area (Å²) in [5.41, 5.74) is 1.96. The van der Waals surface area contributed by atoms with E-state index < -0.39 is 0 Å². The third kappa shape index (κ3) is 4.93. The van der Waals surface area contributed by atoms with Crippen LogP contribution < -0.4 is 4.74 Å². The average Bonchev–Trinajstić information content (AvgIpc) is 3.17. The van der Waals surface area contributed by atoms with Crippen molar-refractivity contribution in [2.24, 2.45) is 0 Å². The molecule has 3 aromatic carbocycles. The third-order valence-electron chi connectivity index (χ3n) is 4.15. The van der Waals surface area contributed by atoms with Crippen LogP contribution in [0, 0.1) is 0 Å². The van der Waals surface area contributed by atoms with E-state index in [1.165, 1.54) is 0 Å². The van der Waals surface area contributed by atoms with Crippen molar-refractivity contribution in [3.05, 3.63) is 88.9 Å². The van der Waals surface area contributed by atoms with Gasteiger partial charge in [-0.15, -0.1) is 10.2 Å². The first-order valence-corrected chi connectivity index (χ1v) is 10.7. The van der Waals surface area contributed by atoms with Gasteiger partial charge in [-0.2, -0.15) is 0 Å². The van der Waals surface area contributed by atoms with E-state index in [1.54, 1.807) is 11.8 Å². The van der Waals surface area contributed by atoms with Gasteiger partial charge in [-0.1, -0.05) is 65.3 Å². The fraction of sp³-hybridized carbons (Fsp3) is 0.0909. The lowest BCUT2D eigenvalue weighted by molar-refractivity contribution is 0.344. The lowest BCUT2D eigenvalue weighted by Gasteiger charge is -2.11. The Balaban J connectivity index is 1.54. The van der Waals surface area contributed by atoms with Crippen molar-refractivity contribution < 1.29 is 4.74 Å². The quantitative estimate of drug-likeness (QED) is 0.245. The van der Waals surface area contributed by atoms with Crippen LogP contribution in [-0.4, -0.2) is 27.1 Å². The molecule has 4 rings (SSSR count). The molecular weight excluding hydrogens is 425 g/mol. The van der Waals surface area contributed by atoms with Gasteiger partial charge in [0.05, 0.1) is 6.61 Å². The fourth-order valence-electron chi connectivity index (χ4n) is 2.78. The summed E-state index contributed by atoms with van der Waals surface area (Å²) in [6.45, 7) is 0.542. The van der Waals surface area contributed by atoms with E-state index in [0.717, 1.165) is 33.7 Å². The summed E-state index contributed by atoms with van der Waals surface area (Å²) >= 11 is 13.6. The average molecular weight is 442 g/mol. The Morgan fingerprint density at radius 2 is 1.45 bits per heavy atom. The maximum absolute atomic E-state index is 6.07. The Morgan fingerprint density at radius 1 is 0.793 bits per heavy atom. The largest absolute Gasteiger partial charge is 0.493 e. The molecule has 1 heterocycles. The van der Waals surface area contributed by atoms with Crippen LogP contribution in [0.3, 0.4) is 0 Å². The van der Waals surface area contributed by atoms with Crippen LogP contribution in [0.1, 0.15) is 0 Å². The number of ether oxygens (including phenoxy) is 1. The molecule has 4 aromatic rings. The van der Waals surface area contributed by atoms with Gasteiger partial charge < -0.3 is 4.74 Å². The van der Waals surface area contributed by atoms with E-state index in [2.05, 4.69) is 10.2 Å². The smallest absolute Gasteiger partial charge is 0.196 e. The summed E-state index contributed by atoms with van der Waals surface area (Å²) in [6.07, 6.45) is 0. The van der Waals surface area contributed by atoms with Gasteiger partial charge in [-0.3, -0.25) is 4.57 Å². The molecule has 7 heteroatoms. The van der Waals surface area contributed by atoms with E-state index in [0.29, 0.717) is 16.7 Å².